The summed E-state index contributed by atoms with van der Waals surface area (Å²) >= 11 is 0. The van der Waals surface area contributed by atoms with Crippen molar-refractivity contribution in [2.24, 2.45) is 9.98 Å². The Morgan fingerprint density at radius 2 is 1.89 bits per heavy atom. The van der Waals surface area contributed by atoms with E-state index in [2.05, 4.69) is 35.6 Å². The standard InChI is InChI=1S/C17H19FN2O.C7H8/c1-13(4-3-9-19-2)10-14-5-7-15(8-6-14)17-16(11-18)20-12-21-17;1-7-5-3-2-4-6-7/h3-9,12,16-17H,1,10-11H2,2H3;2-6H,1H3/b4-3-,19-9?;. The lowest BCUT2D eigenvalue weighted by atomic mass is 9.99. The molecule has 1 heterocycles. The lowest BCUT2D eigenvalue weighted by Gasteiger charge is -2.15. The summed E-state index contributed by atoms with van der Waals surface area (Å²) in [6.07, 6.45) is 7.32. The van der Waals surface area contributed by atoms with Gasteiger partial charge in [0.15, 0.2) is 6.40 Å². The minimum atomic E-state index is -0.510. The number of hydrogen-bond donors (Lipinski definition) is 0. The van der Waals surface area contributed by atoms with Crippen LogP contribution in [0.25, 0.3) is 0 Å². The van der Waals surface area contributed by atoms with Crippen LogP contribution in [0, 0.1) is 6.92 Å². The Morgan fingerprint density at radius 1 is 1.18 bits per heavy atom. The van der Waals surface area contributed by atoms with E-state index in [0.717, 1.165) is 23.1 Å². The van der Waals surface area contributed by atoms with Gasteiger partial charge in [-0.2, -0.15) is 0 Å². The first-order chi connectivity index (χ1) is 13.6. The number of ether oxygens (including phenoxy) is 1. The van der Waals surface area contributed by atoms with Crippen molar-refractivity contribution in [1.82, 2.24) is 0 Å². The van der Waals surface area contributed by atoms with Gasteiger partial charge < -0.3 is 4.74 Å². The molecular formula is C24H27FN2O. The number of alkyl halides is 1. The van der Waals surface area contributed by atoms with Crippen LogP contribution in [0.5, 0.6) is 0 Å². The molecule has 0 radical (unpaired) electrons. The van der Waals surface area contributed by atoms with E-state index in [1.807, 2.05) is 54.6 Å². The van der Waals surface area contributed by atoms with E-state index < -0.39 is 12.7 Å². The minimum absolute atomic E-state index is 0.312. The second kappa shape index (κ2) is 11.7. The zero-order valence-electron chi connectivity index (χ0n) is 16.5. The summed E-state index contributed by atoms with van der Waals surface area (Å²) in [5.41, 5.74) is 4.42. The molecule has 0 saturated carbocycles. The summed E-state index contributed by atoms with van der Waals surface area (Å²) in [6.45, 7) is 5.58. The predicted octanol–water partition coefficient (Wildman–Crippen LogP) is 5.47. The highest BCUT2D eigenvalue weighted by Crippen LogP contribution is 2.27. The maximum atomic E-state index is 12.8. The van der Waals surface area contributed by atoms with Crippen molar-refractivity contribution in [1.29, 1.82) is 0 Å². The zero-order valence-corrected chi connectivity index (χ0v) is 16.5. The number of hydrogen-bond acceptors (Lipinski definition) is 3. The third kappa shape index (κ3) is 6.95. The smallest absolute Gasteiger partial charge is 0.170 e. The number of aryl methyl sites for hydroxylation is 1. The molecule has 1 aliphatic heterocycles. The minimum Gasteiger partial charge on any atom is -0.473 e. The Hall–Kier alpha value is -3.01. The number of nitrogens with zero attached hydrogens (tertiary/aromatic N) is 2. The van der Waals surface area contributed by atoms with Gasteiger partial charge in [0.05, 0.1) is 0 Å². The lowest BCUT2D eigenvalue weighted by molar-refractivity contribution is 0.187. The number of halogens is 1. The van der Waals surface area contributed by atoms with Gasteiger partial charge in [-0.3, -0.25) is 4.99 Å². The highest BCUT2D eigenvalue weighted by atomic mass is 19.1. The first-order valence-electron chi connectivity index (χ1n) is 9.24. The molecule has 2 aromatic rings. The Kier molecular flexibility index (Phi) is 8.86. The largest absolute Gasteiger partial charge is 0.473 e. The summed E-state index contributed by atoms with van der Waals surface area (Å²) in [4.78, 5) is 7.84. The molecule has 0 N–H and O–H groups in total. The van der Waals surface area contributed by atoms with Crippen molar-refractivity contribution in [3.05, 3.63) is 95.6 Å². The fourth-order valence-corrected chi connectivity index (χ4v) is 2.72. The van der Waals surface area contributed by atoms with E-state index in [-0.39, 0.29) is 6.10 Å². The number of aliphatic imine (C=N–C) groups is 2. The van der Waals surface area contributed by atoms with Crippen molar-refractivity contribution in [3.8, 4) is 0 Å². The third-order valence-electron chi connectivity index (χ3n) is 4.21. The number of allylic oxidation sites excluding steroid dienone is 3. The van der Waals surface area contributed by atoms with Crippen LogP contribution in [0.4, 0.5) is 4.39 Å². The molecule has 1 aliphatic rings. The molecule has 0 fully saturated rings. The third-order valence-corrected chi connectivity index (χ3v) is 4.21. The molecule has 0 saturated heterocycles. The van der Waals surface area contributed by atoms with E-state index in [1.54, 1.807) is 13.3 Å². The Bertz CT molecular complexity index is 810. The molecule has 0 aromatic heterocycles. The molecule has 28 heavy (non-hydrogen) atoms. The van der Waals surface area contributed by atoms with Crippen molar-refractivity contribution in [2.45, 2.75) is 25.5 Å². The maximum Gasteiger partial charge on any atom is 0.170 e. The highest BCUT2D eigenvalue weighted by molar-refractivity contribution is 5.71. The van der Waals surface area contributed by atoms with Crippen LogP contribution in [0.2, 0.25) is 0 Å². The second-order valence-electron chi connectivity index (χ2n) is 6.53. The van der Waals surface area contributed by atoms with Crippen molar-refractivity contribution in [2.75, 3.05) is 13.7 Å². The molecule has 4 heteroatoms. The molecule has 0 spiro atoms. The molecule has 2 atom stereocenters. The Morgan fingerprint density at radius 3 is 2.46 bits per heavy atom. The Balaban J connectivity index is 0.000000336. The fraction of sp³-hybridized carbons (Fsp3) is 0.250. The predicted molar refractivity (Wildman–Crippen MR) is 116 cm³/mol. The van der Waals surface area contributed by atoms with Crippen molar-refractivity contribution >= 4 is 12.6 Å². The SMILES string of the molecule is C=C(/C=C\C=NC)Cc1ccc(C2OC=NC2CF)cc1.Cc1ccccc1. The molecule has 3 rings (SSSR count). The number of rotatable bonds is 6. The first-order valence-corrected chi connectivity index (χ1v) is 9.24. The average Bonchev–Trinajstić information content (AvgIpc) is 3.19. The molecule has 0 aliphatic carbocycles. The van der Waals surface area contributed by atoms with Crippen LogP contribution >= 0.6 is 0 Å². The molecule has 2 unspecified atom stereocenters. The van der Waals surface area contributed by atoms with E-state index >= 15 is 0 Å². The van der Waals surface area contributed by atoms with Crippen LogP contribution in [0.15, 0.2) is 88.9 Å². The van der Waals surface area contributed by atoms with Gasteiger partial charge in [0.1, 0.15) is 18.8 Å². The van der Waals surface area contributed by atoms with E-state index in [9.17, 15) is 4.39 Å². The lowest BCUT2D eigenvalue weighted by Crippen LogP contribution is -2.15. The van der Waals surface area contributed by atoms with E-state index in [4.69, 9.17) is 4.74 Å². The van der Waals surface area contributed by atoms with E-state index in [1.165, 1.54) is 12.0 Å². The summed E-state index contributed by atoms with van der Waals surface area (Å²) < 4.78 is 18.2. The van der Waals surface area contributed by atoms with Gasteiger partial charge in [0, 0.05) is 13.3 Å². The Labute approximate surface area is 167 Å². The quantitative estimate of drug-likeness (QED) is 0.484. The summed E-state index contributed by atoms with van der Waals surface area (Å²) in [5.74, 6) is 0. The fourth-order valence-electron chi connectivity index (χ4n) is 2.72. The van der Waals surface area contributed by atoms with Crippen molar-refractivity contribution in [3.63, 3.8) is 0 Å². The van der Waals surface area contributed by atoms with Crippen LogP contribution in [0.1, 0.15) is 22.8 Å². The van der Waals surface area contributed by atoms with Gasteiger partial charge in [-0.1, -0.05) is 78.4 Å². The monoisotopic (exact) mass is 378 g/mol. The average molecular weight is 378 g/mol. The normalized spacial score (nSPS) is 18.1. The van der Waals surface area contributed by atoms with Gasteiger partial charge in [-0.15, -0.1) is 0 Å². The number of benzene rings is 2. The van der Waals surface area contributed by atoms with Gasteiger partial charge in [-0.25, -0.2) is 9.38 Å². The van der Waals surface area contributed by atoms with Gasteiger partial charge in [-0.05, 0) is 30.5 Å². The maximum absolute atomic E-state index is 12.8. The van der Waals surface area contributed by atoms with Crippen molar-refractivity contribution < 1.29 is 9.13 Å². The molecule has 0 bridgehead atoms. The molecule has 3 nitrogen and oxygen atoms in total. The van der Waals surface area contributed by atoms with Gasteiger partial charge in [0.25, 0.3) is 0 Å². The first kappa shape index (κ1) is 21.3. The van der Waals surface area contributed by atoms with E-state index in [0.29, 0.717) is 0 Å². The van der Waals surface area contributed by atoms with Crippen LogP contribution in [0.3, 0.4) is 0 Å². The molecule has 2 aromatic carbocycles. The second-order valence-corrected chi connectivity index (χ2v) is 6.53. The topological polar surface area (TPSA) is 34.0 Å². The summed E-state index contributed by atoms with van der Waals surface area (Å²) in [7, 11) is 1.73. The van der Waals surface area contributed by atoms with Crippen LogP contribution in [-0.4, -0.2) is 32.4 Å². The van der Waals surface area contributed by atoms with Crippen LogP contribution < -0.4 is 0 Å². The summed E-state index contributed by atoms with van der Waals surface area (Å²) in [5, 5.41) is 0. The highest BCUT2D eigenvalue weighted by Gasteiger charge is 2.27. The molecule has 146 valence electrons. The zero-order chi connectivity index (χ0) is 20.2. The van der Waals surface area contributed by atoms with Crippen LogP contribution in [-0.2, 0) is 11.2 Å². The van der Waals surface area contributed by atoms with Gasteiger partial charge in [0.2, 0.25) is 0 Å². The van der Waals surface area contributed by atoms with Gasteiger partial charge >= 0.3 is 0 Å². The summed E-state index contributed by atoms with van der Waals surface area (Å²) in [6, 6.07) is 17.8. The molecule has 0 amide bonds. The molecular weight excluding hydrogens is 351 g/mol.